The quantitative estimate of drug-likeness (QED) is 0.734. The van der Waals surface area contributed by atoms with Crippen molar-refractivity contribution in [2.75, 3.05) is 11.1 Å². The number of amides is 1. The zero-order chi connectivity index (χ0) is 12.5. The summed E-state index contributed by atoms with van der Waals surface area (Å²) in [7, 11) is 1.61. The summed E-state index contributed by atoms with van der Waals surface area (Å²) in [5, 5.41) is 15.5. The molecule has 6 heteroatoms. The van der Waals surface area contributed by atoms with Crippen LogP contribution in [0.1, 0.15) is 26.3 Å². The van der Waals surface area contributed by atoms with Crippen LogP contribution in [0.5, 0.6) is 0 Å². The van der Waals surface area contributed by atoms with Crippen LogP contribution in [0.25, 0.3) is 0 Å². The molecule has 1 heterocycles. The number of hydrogen-bond donors (Lipinski definition) is 2. The van der Waals surface area contributed by atoms with Gasteiger partial charge in [-0.25, -0.2) is 4.68 Å². The average Bonchev–Trinajstić information content (AvgIpc) is 2.41. The number of nitrogen functional groups attached to an aromatic ring is 1. The summed E-state index contributed by atoms with van der Waals surface area (Å²) in [5.74, 6) is 0.247. The number of carbonyl (C=O) groups is 1. The Morgan fingerprint density at radius 3 is 2.56 bits per heavy atom. The van der Waals surface area contributed by atoms with Gasteiger partial charge in [0.25, 0.3) is 0 Å². The van der Waals surface area contributed by atoms with Gasteiger partial charge < -0.3 is 11.1 Å². The Morgan fingerprint density at radius 2 is 2.12 bits per heavy atom. The maximum absolute atomic E-state index is 11.7. The Morgan fingerprint density at radius 1 is 1.56 bits per heavy atom. The fourth-order valence-corrected chi connectivity index (χ4v) is 1.03. The maximum Gasteiger partial charge on any atom is 0.230 e. The predicted molar refractivity (Wildman–Crippen MR) is 60.4 cm³/mol. The molecular weight excluding hydrogens is 206 g/mol. The lowest BCUT2D eigenvalue weighted by molar-refractivity contribution is -0.123. The van der Waals surface area contributed by atoms with E-state index in [1.54, 1.807) is 27.8 Å². The minimum atomic E-state index is -0.543. The van der Waals surface area contributed by atoms with Gasteiger partial charge in [0.2, 0.25) is 5.91 Å². The largest absolute Gasteiger partial charge is 0.383 e. The summed E-state index contributed by atoms with van der Waals surface area (Å²) >= 11 is 0. The highest BCUT2D eigenvalue weighted by atomic mass is 16.2. The molecule has 86 valence electrons. The minimum absolute atomic E-state index is 0.195. The zero-order valence-electron chi connectivity index (χ0n) is 9.83. The number of rotatable bonds is 1. The van der Waals surface area contributed by atoms with E-state index < -0.39 is 5.41 Å². The lowest BCUT2D eigenvalue weighted by atomic mass is 9.96. The number of nitrogens with zero attached hydrogens (tertiary/aromatic N) is 3. The summed E-state index contributed by atoms with van der Waals surface area (Å²) in [6.45, 7) is 5.34. The highest BCUT2D eigenvalue weighted by molar-refractivity contribution is 5.95. The first kappa shape index (κ1) is 12.0. The molecule has 0 spiro atoms. The second-order valence-electron chi connectivity index (χ2n) is 4.55. The van der Waals surface area contributed by atoms with Crippen LogP contribution in [0.2, 0.25) is 0 Å². The van der Waals surface area contributed by atoms with Crippen LogP contribution in [-0.2, 0) is 11.8 Å². The van der Waals surface area contributed by atoms with Crippen molar-refractivity contribution in [1.29, 1.82) is 5.26 Å². The van der Waals surface area contributed by atoms with Crippen molar-refractivity contribution in [2.24, 2.45) is 12.5 Å². The van der Waals surface area contributed by atoms with Crippen molar-refractivity contribution in [3.05, 3.63) is 5.56 Å². The molecule has 6 nitrogen and oxygen atoms in total. The fourth-order valence-electron chi connectivity index (χ4n) is 1.03. The number of nitrogens with one attached hydrogen (secondary N) is 1. The molecule has 0 aromatic carbocycles. The van der Waals surface area contributed by atoms with Gasteiger partial charge >= 0.3 is 0 Å². The smallest absolute Gasteiger partial charge is 0.230 e. The predicted octanol–water partition coefficient (Wildman–Crippen LogP) is 0.859. The van der Waals surface area contributed by atoms with Crippen molar-refractivity contribution in [3.8, 4) is 6.07 Å². The molecule has 16 heavy (non-hydrogen) atoms. The lowest BCUT2D eigenvalue weighted by Gasteiger charge is -2.16. The van der Waals surface area contributed by atoms with Gasteiger partial charge in [-0.3, -0.25) is 4.79 Å². The van der Waals surface area contributed by atoms with E-state index in [4.69, 9.17) is 11.0 Å². The molecule has 0 saturated carbocycles. The van der Waals surface area contributed by atoms with Crippen molar-refractivity contribution in [1.82, 2.24) is 9.78 Å². The second kappa shape index (κ2) is 3.85. The maximum atomic E-state index is 11.7. The van der Waals surface area contributed by atoms with E-state index in [1.807, 2.05) is 6.07 Å². The van der Waals surface area contributed by atoms with E-state index in [-0.39, 0.29) is 23.1 Å². The summed E-state index contributed by atoms with van der Waals surface area (Å²) in [5.41, 5.74) is 5.28. The number of hydrogen-bond acceptors (Lipinski definition) is 4. The Hall–Kier alpha value is -2.03. The molecule has 0 unspecified atom stereocenters. The van der Waals surface area contributed by atoms with Crippen LogP contribution in [0, 0.1) is 16.7 Å². The minimum Gasteiger partial charge on any atom is -0.383 e. The molecule has 0 saturated heterocycles. The first-order valence-electron chi connectivity index (χ1n) is 4.81. The van der Waals surface area contributed by atoms with E-state index >= 15 is 0 Å². The molecule has 0 bridgehead atoms. The van der Waals surface area contributed by atoms with E-state index in [1.165, 1.54) is 4.68 Å². The molecule has 1 aromatic heterocycles. The standard InChI is InChI=1S/C10H15N5O/c1-10(2,3)9(16)13-8-6(5-11)7(12)15(4)14-8/h12H2,1-4H3,(H,13,14,16). The molecule has 0 aliphatic rings. The SMILES string of the molecule is Cn1nc(NC(=O)C(C)(C)C)c(C#N)c1N. The first-order valence-corrected chi connectivity index (χ1v) is 4.81. The van der Waals surface area contributed by atoms with Crippen molar-refractivity contribution in [3.63, 3.8) is 0 Å². The lowest BCUT2D eigenvalue weighted by Crippen LogP contribution is -2.28. The normalized spacial score (nSPS) is 10.9. The van der Waals surface area contributed by atoms with Crippen LogP contribution in [0.15, 0.2) is 0 Å². The fraction of sp³-hybridized carbons (Fsp3) is 0.500. The zero-order valence-corrected chi connectivity index (χ0v) is 9.83. The van der Waals surface area contributed by atoms with E-state index in [0.29, 0.717) is 0 Å². The Labute approximate surface area is 94.0 Å². The molecule has 0 fully saturated rings. The third-order valence-electron chi connectivity index (χ3n) is 2.12. The van der Waals surface area contributed by atoms with Crippen LogP contribution in [0.4, 0.5) is 11.6 Å². The Bertz CT molecular complexity index is 461. The van der Waals surface area contributed by atoms with Crippen LogP contribution in [0.3, 0.4) is 0 Å². The molecule has 0 aliphatic heterocycles. The number of anilines is 2. The number of nitrogens with two attached hydrogens (primary N) is 1. The topological polar surface area (TPSA) is 96.7 Å². The Kier molecular flexibility index (Phi) is 2.90. The summed E-state index contributed by atoms with van der Waals surface area (Å²) in [4.78, 5) is 11.7. The van der Waals surface area contributed by atoms with Crippen molar-refractivity contribution in [2.45, 2.75) is 20.8 Å². The monoisotopic (exact) mass is 221 g/mol. The Balaban J connectivity index is 3.04. The summed E-state index contributed by atoms with van der Waals surface area (Å²) in [6, 6.07) is 1.92. The van der Waals surface area contributed by atoms with Crippen LogP contribution < -0.4 is 11.1 Å². The van der Waals surface area contributed by atoms with Gasteiger partial charge in [-0.1, -0.05) is 20.8 Å². The molecule has 0 atom stereocenters. The number of aromatic nitrogens is 2. The third kappa shape index (κ3) is 2.14. The van der Waals surface area contributed by atoms with Gasteiger partial charge in [0.1, 0.15) is 17.5 Å². The number of carbonyl (C=O) groups excluding carboxylic acids is 1. The highest BCUT2D eigenvalue weighted by Gasteiger charge is 2.24. The van der Waals surface area contributed by atoms with Gasteiger partial charge in [0, 0.05) is 12.5 Å². The van der Waals surface area contributed by atoms with Crippen molar-refractivity contribution < 1.29 is 4.79 Å². The van der Waals surface area contributed by atoms with Crippen LogP contribution >= 0.6 is 0 Å². The van der Waals surface area contributed by atoms with Crippen LogP contribution in [-0.4, -0.2) is 15.7 Å². The van der Waals surface area contributed by atoms with Gasteiger partial charge in [-0.15, -0.1) is 0 Å². The van der Waals surface area contributed by atoms with Gasteiger partial charge in [-0.2, -0.15) is 10.4 Å². The van der Waals surface area contributed by atoms with Gasteiger partial charge in [-0.05, 0) is 0 Å². The molecular formula is C10H15N5O. The van der Waals surface area contributed by atoms with Crippen molar-refractivity contribution >= 4 is 17.5 Å². The molecule has 3 N–H and O–H groups in total. The van der Waals surface area contributed by atoms with Gasteiger partial charge in [0.05, 0.1) is 0 Å². The average molecular weight is 221 g/mol. The molecule has 0 aliphatic carbocycles. The summed E-state index contributed by atoms with van der Waals surface area (Å²) in [6.07, 6.45) is 0. The van der Waals surface area contributed by atoms with Gasteiger partial charge in [0.15, 0.2) is 5.82 Å². The number of nitriles is 1. The highest BCUT2D eigenvalue weighted by Crippen LogP contribution is 2.22. The third-order valence-corrected chi connectivity index (χ3v) is 2.12. The first-order chi connectivity index (χ1) is 7.27. The number of aryl methyl sites for hydroxylation is 1. The molecule has 1 aromatic rings. The summed E-state index contributed by atoms with van der Waals surface area (Å²) < 4.78 is 1.36. The molecule has 1 amide bonds. The van der Waals surface area contributed by atoms with E-state index in [2.05, 4.69) is 10.4 Å². The van der Waals surface area contributed by atoms with E-state index in [0.717, 1.165) is 0 Å². The van der Waals surface area contributed by atoms with E-state index in [9.17, 15) is 4.79 Å². The second-order valence-corrected chi connectivity index (χ2v) is 4.55. The molecule has 0 radical (unpaired) electrons. The molecule has 1 rings (SSSR count).